The summed E-state index contributed by atoms with van der Waals surface area (Å²) < 4.78 is 1.89. The summed E-state index contributed by atoms with van der Waals surface area (Å²) in [4.78, 5) is 26.9. The van der Waals surface area contributed by atoms with Crippen LogP contribution in [0, 0.1) is 0 Å². The molecule has 1 atom stereocenters. The van der Waals surface area contributed by atoms with E-state index < -0.39 is 0 Å². The first-order valence-electron chi connectivity index (χ1n) is 7.32. The van der Waals surface area contributed by atoms with Crippen molar-refractivity contribution in [1.29, 1.82) is 0 Å². The number of anilines is 1. The van der Waals surface area contributed by atoms with Gasteiger partial charge in [-0.15, -0.1) is 0 Å². The van der Waals surface area contributed by atoms with Crippen LogP contribution < -0.4 is 10.2 Å². The van der Waals surface area contributed by atoms with E-state index in [1.54, 1.807) is 25.6 Å². The molecule has 0 fully saturated rings. The van der Waals surface area contributed by atoms with Gasteiger partial charge in [-0.2, -0.15) is 0 Å². The second-order valence-electron chi connectivity index (χ2n) is 5.24. The number of nitrogens with one attached hydrogen (secondary N) is 1. The molecule has 0 spiro atoms. The summed E-state index contributed by atoms with van der Waals surface area (Å²) in [6.07, 6.45) is 8.64. The molecule has 7 nitrogen and oxygen atoms in total. The van der Waals surface area contributed by atoms with Gasteiger partial charge in [-0.1, -0.05) is 13.3 Å². The second-order valence-corrected chi connectivity index (χ2v) is 5.24. The van der Waals surface area contributed by atoms with Crippen LogP contribution in [0.25, 0.3) is 11.4 Å². The van der Waals surface area contributed by atoms with Crippen LogP contribution in [0.15, 0.2) is 24.8 Å². The molecule has 0 unspecified atom stereocenters. The number of imidazole rings is 1. The molecule has 2 rings (SSSR count). The van der Waals surface area contributed by atoms with Gasteiger partial charge in [0.15, 0.2) is 0 Å². The van der Waals surface area contributed by atoms with Gasteiger partial charge in [0.05, 0.1) is 5.56 Å². The van der Waals surface area contributed by atoms with Gasteiger partial charge in [-0.25, -0.2) is 15.0 Å². The van der Waals surface area contributed by atoms with E-state index in [2.05, 4.69) is 27.2 Å². The van der Waals surface area contributed by atoms with Gasteiger partial charge < -0.3 is 14.8 Å². The van der Waals surface area contributed by atoms with Crippen LogP contribution in [0.3, 0.4) is 0 Å². The quantitative estimate of drug-likeness (QED) is 0.875. The predicted molar refractivity (Wildman–Crippen MR) is 85.6 cm³/mol. The number of hydrogen-bond acceptors (Lipinski definition) is 5. The summed E-state index contributed by atoms with van der Waals surface area (Å²) in [5.74, 6) is 1.32. The highest BCUT2D eigenvalue weighted by Gasteiger charge is 2.21. The topological polar surface area (TPSA) is 75.9 Å². The number of nitrogens with zero attached hydrogens (tertiary/aromatic N) is 5. The standard InChI is InChI=1S/C15H22N6O/c1-5-6-12(14(22)16-2)21-8-7-17-13(21)11-9-18-15(19-10-11)20(3)4/h7-10,12H,5-6H2,1-4H3,(H,16,22)/t12-/m0/s1. The summed E-state index contributed by atoms with van der Waals surface area (Å²) in [5.41, 5.74) is 0.792. The molecule has 2 heterocycles. The zero-order chi connectivity index (χ0) is 16.1. The van der Waals surface area contributed by atoms with E-state index in [0.717, 1.165) is 18.4 Å². The molecule has 7 heteroatoms. The third-order valence-electron chi connectivity index (χ3n) is 3.41. The normalized spacial score (nSPS) is 12.0. The Morgan fingerprint density at radius 2 is 2.00 bits per heavy atom. The average Bonchev–Trinajstić information content (AvgIpc) is 3.01. The van der Waals surface area contributed by atoms with Crippen molar-refractivity contribution in [2.75, 3.05) is 26.0 Å². The molecule has 0 aromatic carbocycles. The van der Waals surface area contributed by atoms with E-state index in [1.807, 2.05) is 29.8 Å². The van der Waals surface area contributed by atoms with Crippen molar-refractivity contribution in [3.8, 4) is 11.4 Å². The first-order valence-corrected chi connectivity index (χ1v) is 7.32. The highest BCUT2D eigenvalue weighted by Crippen LogP contribution is 2.23. The van der Waals surface area contributed by atoms with Gasteiger partial charge in [0.1, 0.15) is 11.9 Å². The Balaban J connectivity index is 2.37. The Bertz CT molecular complexity index is 619. The average molecular weight is 302 g/mol. The summed E-state index contributed by atoms with van der Waals surface area (Å²) in [6.45, 7) is 2.06. The number of carbonyl (C=O) groups is 1. The molecule has 2 aromatic heterocycles. The molecular weight excluding hydrogens is 280 g/mol. The molecule has 0 saturated carbocycles. The number of aromatic nitrogens is 4. The largest absolute Gasteiger partial charge is 0.357 e. The van der Waals surface area contributed by atoms with Crippen LogP contribution in [-0.2, 0) is 4.79 Å². The highest BCUT2D eigenvalue weighted by molar-refractivity contribution is 5.80. The highest BCUT2D eigenvalue weighted by atomic mass is 16.2. The van der Waals surface area contributed by atoms with E-state index in [1.165, 1.54) is 0 Å². The third kappa shape index (κ3) is 3.24. The molecule has 0 aliphatic carbocycles. The van der Waals surface area contributed by atoms with E-state index in [9.17, 15) is 4.79 Å². The zero-order valence-corrected chi connectivity index (χ0v) is 13.4. The molecule has 1 N–H and O–H groups in total. The van der Waals surface area contributed by atoms with Gasteiger partial charge >= 0.3 is 0 Å². The monoisotopic (exact) mass is 302 g/mol. The molecule has 118 valence electrons. The number of amides is 1. The van der Waals surface area contributed by atoms with E-state index in [-0.39, 0.29) is 11.9 Å². The number of likely N-dealkylation sites (N-methyl/N-ethyl adjacent to an activating group) is 1. The van der Waals surface area contributed by atoms with Gasteiger partial charge in [-0.05, 0) is 6.42 Å². The summed E-state index contributed by atoms with van der Waals surface area (Å²) in [5, 5.41) is 2.72. The van der Waals surface area contributed by atoms with Crippen molar-refractivity contribution < 1.29 is 4.79 Å². The molecule has 1 amide bonds. The summed E-state index contributed by atoms with van der Waals surface area (Å²) in [7, 11) is 5.42. The Kier molecular flexibility index (Phi) is 5.08. The minimum atomic E-state index is -0.277. The van der Waals surface area contributed by atoms with E-state index in [0.29, 0.717) is 11.8 Å². The van der Waals surface area contributed by atoms with Gasteiger partial charge in [0, 0.05) is 45.9 Å². The Hall–Kier alpha value is -2.44. The maximum atomic E-state index is 12.1. The fraction of sp³-hybridized carbons (Fsp3) is 0.467. The molecule has 0 aliphatic heterocycles. The predicted octanol–water partition coefficient (Wildman–Crippen LogP) is 1.49. The Morgan fingerprint density at radius 1 is 1.32 bits per heavy atom. The van der Waals surface area contributed by atoms with Crippen molar-refractivity contribution >= 4 is 11.9 Å². The molecule has 0 bridgehead atoms. The van der Waals surface area contributed by atoms with Crippen molar-refractivity contribution in [3.63, 3.8) is 0 Å². The van der Waals surface area contributed by atoms with Crippen LogP contribution in [0.1, 0.15) is 25.8 Å². The lowest BCUT2D eigenvalue weighted by atomic mass is 10.1. The number of rotatable bonds is 6. The lowest BCUT2D eigenvalue weighted by molar-refractivity contribution is -0.124. The molecule has 2 aromatic rings. The third-order valence-corrected chi connectivity index (χ3v) is 3.41. The fourth-order valence-corrected chi connectivity index (χ4v) is 2.29. The summed E-state index contributed by atoms with van der Waals surface area (Å²) >= 11 is 0. The maximum absolute atomic E-state index is 12.1. The lowest BCUT2D eigenvalue weighted by Gasteiger charge is -2.19. The summed E-state index contributed by atoms with van der Waals surface area (Å²) in [6, 6.07) is -0.277. The van der Waals surface area contributed by atoms with Crippen molar-refractivity contribution in [2.24, 2.45) is 0 Å². The van der Waals surface area contributed by atoms with Gasteiger partial charge in [0.2, 0.25) is 11.9 Å². The minimum Gasteiger partial charge on any atom is -0.357 e. The van der Waals surface area contributed by atoms with Crippen LogP contribution in [-0.4, -0.2) is 46.6 Å². The molecule has 0 saturated heterocycles. The van der Waals surface area contributed by atoms with Gasteiger partial charge in [0.25, 0.3) is 0 Å². The Labute approximate surface area is 130 Å². The van der Waals surface area contributed by atoms with E-state index in [4.69, 9.17) is 0 Å². The maximum Gasteiger partial charge on any atom is 0.242 e. The SMILES string of the molecule is CCC[C@@H](C(=O)NC)n1ccnc1-c1cnc(N(C)C)nc1. The van der Waals surface area contributed by atoms with E-state index >= 15 is 0 Å². The molecule has 0 aliphatic rings. The second kappa shape index (κ2) is 7.02. The van der Waals surface area contributed by atoms with Crippen LogP contribution >= 0.6 is 0 Å². The van der Waals surface area contributed by atoms with Gasteiger partial charge in [-0.3, -0.25) is 4.79 Å². The van der Waals surface area contributed by atoms with Crippen molar-refractivity contribution in [1.82, 2.24) is 24.8 Å². The fourth-order valence-electron chi connectivity index (χ4n) is 2.29. The van der Waals surface area contributed by atoms with Crippen LogP contribution in [0.4, 0.5) is 5.95 Å². The van der Waals surface area contributed by atoms with Crippen LogP contribution in [0.2, 0.25) is 0 Å². The zero-order valence-electron chi connectivity index (χ0n) is 13.4. The molecular formula is C15H22N6O. The Morgan fingerprint density at radius 3 is 2.55 bits per heavy atom. The van der Waals surface area contributed by atoms with Crippen molar-refractivity contribution in [3.05, 3.63) is 24.8 Å². The number of hydrogen-bond donors (Lipinski definition) is 1. The first-order chi connectivity index (χ1) is 10.6. The number of carbonyl (C=O) groups excluding carboxylic acids is 1. The van der Waals surface area contributed by atoms with Crippen molar-refractivity contribution in [2.45, 2.75) is 25.8 Å². The molecule has 22 heavy (non-hydrogen) atoms. The minimum absolute atomic E-state index is 0.0214. The lowest BCUT2D eigenvalue weighted by Crippen LogP contribution is -2.30. The smallest absolute Gasteiger partial charge is 0.242 e. The molecule has 0 radical (unpaired) electrons. The van der Waals surface area contributed by atoms with Crippen LogP contribution in [0.5, 0.6) is 0 Å². The first kappa shape index (κ1) is 15.9.